The average molecular weight is 418 g/mol. The van der Waals surface area contributed by atoms with E-state index in [0.717, 1.165) is 0 Å². The summed E-state index contributed by atoms with van der Waals surface area (Å²) < 4.78 is 39.2. The van der Waals surface area contributed by atoms with E-state index in [2.05, 4.69) is 0 Å². The normalized spacial score (nSPS) is 23.6. The van der Waals surface area contributed by atoms with Crippen LogP contribution in [0.15, 0.2) is 42.5 Å². The molecule has 4 rings (SSSR count). The number of hydrogen-bond acceptors (Lipinski definition) is 4. The zero-order chi connectivity index (χ0) is 20.8. The van der Waals surface area contributed by atoms with Crippen LogP contribution < -0.4 is 4.31 Å². The molecule has 154 valence electrons. The second-order valence-corrected chi connectivity index (χ2v) is 9.77. The molecule has 2 aliphatic heterocycles. The maximum Gasteiger partial charge on any atom is 0.254 e. The Morgan fingerprint density at radius 3 is 2.62 bits per heavy atom. The molecule has 0 spiro atoms. The van der Waals surface area contributed by atoms with Gasteiger partial charge in [0, 0.05) is 18.7 Å². The quantitative estimate of drug-likeness (QED) is 0.830. The van der Waals surface area contributed by atoms with E-state index in [0.29, 0.717) is 48.3 Å². The van der Waals surface area contributed by atoms with Crippen molar-refractivity contribution in [1.29, 1.82) is 0 Å². The molecule has 2 aliphatic rings. The zero-order valence-corrected chi connectivity index (χ0v) is 17.0. The first-order valence-electron chi connectivity index (χ1n) is 9.58. The molecule has 0 radical (unpaired) electrons. The molecule has 0 saturated carbocycles. The maximum absolute atomic E-state index is 13.5. The van der Waals surface area contributed by atoms with Crippen molar-refractivity contribution in [3.05, 3.63) is 65.0 Å². The minimum absolute atomic E-state index is 0.0803. The van der Waals surface area contributed by atoms with Gasteiger partial charge in [-0.25, -0.2) is 12.8 Å². The summed E-state index contributed by atoms with van der Waals surface area (Å²) in [7, 11) is -3.28. The molecule has 2 saturated heterocycles. The minimum Gasteiger partial charge on any atom is -0.383 e. The Morgan fingerprint density at radius 2 is 1.97 bits per heavy atom. The predicted octanol–water partition coefficient (Wildman–Crippen LogP) is 2.41. The van der Waals surface area contributed by atoms with Gasteiger partial charge >= 0.3 is 0 Å². The summed E-state index contributed by atoms with van der Waals surface area (Å²) in [5.74, 6) is -0.520. The Hall–Kier alpha value is -2.45. The van der Waals surface area contributed by atoms with Crippen LogP contribution in [0.2, 0.25) is 0 Å². The van der Waals surface area contributed by atoms with E-state index in [1.54, 1.807) is 42.2 Å². The summed E-state index contributed by atoms with van der Waals surface area (Å²) in [6.45, 7) is 2.65. The number of benzene rings is 2. The Kier molecular flexibility index (Phi) is 4.86. The molecule has 2 fully saturated rings. The number of carbonyl (C=O) groups excluding carboxylic acids is 1. The van der Waals surface area contributed by atoms with Gasteiger partial charge in [0.1, 0.15) is 11.4 Å². The van der Waals surface area contributed by atoms with Crippen molar-refractivity contribution in [3.63, 3.8) is 0 Å². The van der Waals surface area contributed by atoms with Crippen molar-refractivity contribution < 1.29 is 22.7 Å². The number of sulfonamides is 1. The molecule has 8 heteroatoms. The maximum atomic E-state index is 13.5. The lowest BCUT2D eigenvalue weighted by molar-refractivity contribution is 0.0415. The zero-order valence-electron chi connectivity index (χ0n) is 16.1. The van der Waals surface area contributed by atoms with Crippen LogP contribution in [0.3, 0.4) is 0 Å². The van der Waals surface area contributed by atoms with Gasteiger partial charge < -0.3 is 10.0 Å². The van der Waals surface area contributed by atoms with Crippen LogP contribution in [0.4, 0.5) is 10.1 Å². The topological polar surface area (TPSA) is 77.9 Å². The first-order valence-corrected chi connectivity index (χ1v) is 11.2. The van der Waals surface area contributed by atoms with Gasteiger partial charge in [-0.3, -0.25) is 9.10 Å². The minimum atomic E-state index is -3.28. The molecule has 1 atom stereocenters. The Balaban J connectivity index is 1.55. The van der Waals surface area contributed by atoms with Gasteiger partial charge in [0.25, 0.3) is 5.91 Å². The standard InChI is InChI=1S/C21H23FN2O4S/c1-15-12-18(24-9-3-11-29(24,27)28)6-7-19(15)20(25)23-10-8-21(26,14-23)16-4-2-5-17(22)13-16/h2,4-7,12-13,26H,3,8-11,14H2,1H3. The van der Waals surface area contributed by atoms with Crippen LogP contribution in [0.1, 0.15) is 34.3 Å². The molecule has 0 aromatic heterocycles. The number of hydrogen-bond donors (Lipinski definition) is 1. The van der Waals surface area contributed by atoms with E-state index < -0.39 is 21.4 Å². The Labute approximate surface area is 169 Å². The number of nitrogens with zero attached hydrogens (tertiary/aromatic N) is 2. The monoisotopic (exact) mass is 418 g/mol. The Morgan fingerprint density at radius 1 is 1.17 bits per heavy atom. The van der Waals surface area contributed by atoms with Crippen LogP contribution in [0.25, 0.3) is 0 Å². The first-order chi connectivity index (χ1) is 13.7. The molecule has 1 N–H and O–H groups in total. The van der Waals surface area contributed by atoms with Gasteiger partial charge in [0.15, 0.2) is 0 Å². The van der Waals surface area contributed by atoms with Gasteiger partial charge in [-0.15, -0.1) is 0 Å². The highest BCUT2D eigenvalue weighted by atomic mass is 32.2. The third-order valence-corrected chi connectivity index (χ3v) is 7.59. The van der Waals surface area contributed by atoms with Gasteiger partial charge in [0.05, 0.1) is 18.0 Å². The SMILES string of the molecule is Cc1cc(N2CCCS2(=O)=O)ccc1C(=O)N1CCC(O)(c2cccc(F)c2)C1. The molecule has 2 aromatic carbocycles. The molecular formula is C21H23FN2O4S. The number of aliphatic hydroxyl groups is 1. The van der Waals surface area contributed by atoms with Crippen LogP contribution >= 0.6 is 0 Å². The van der Waals surface area contributed by atoms with Crippen LogP contribution in [-0.2, 0) is 15.6 Å². The van der Waals surface area contributed by atoms with Crippen molar-refractivity contribution in [1.82, 2.24) is 4.90 Å². The van der Waals surface area contributed by atoms with Crippen LogP contribution in [-0.4, -0.2) is 49.7 Å². The van der Waals surface area contributed by atoms with E-state index in [1.165, 1.54) is 16.4 Å². The summed E-state index contributed by atoms with van der Waals surface area (Å²) >= 11 is 0. The van der Waals surface area contributed by atoms with E-state index in [4.69, 9.17) is 0 Å². The summed E-state index contributed by atoms with van der Waals surface area (Å²) in [4.78, 5) is 14.6. The van der Waals surface area contributed by atoms with Crippen molar-refractivity contribution in [2.45, 2.75) is 25.4 Å². The number of aryl methyl sites for hydroxylation is 1. The second-order valence-electron chi connectivity index (χ2n) is 7.76. The Bertz CT molecular complexity index is 1070. The van der Waals surface area contributed by atoms with Crippen molar-refractivity contribution >= 4 is 21.6 Å². The summed E-state index contributed by atoms with van der Waals surface area (Å²) in [6, 6.07) is 10.8. The third kappa shape index (κ3) is 3.62. The van der Waals surface area contributed by atoms with Crippen molar-refractivity contribution in [3.8, 4) is 0 Å². The van der Waals surface area contributed by atoms with E-state index >= 15 is 0 Å². The van der Waals surface area contributed by atoms with E-state index in [1.807, 2.05) is 0 Å². The summed E-state index contributed by atoms with van der Waals surface area (Å²) in [5.41, 5.74) is 0.882. The molecule has 0 aliphatic carbocycles. The average Bonchev–Trinajstić information content (AvgIpc) is 3.24. The number of amides is 1. The molecule has 1 amide bonds. The van der Waals surface area contributed by atoms with Crippen LogP contribution in [0.5, 0.6) is 0 Å². The fourth-order valence-electron chi connectivity index (χ4n) is 4.12. The fraction of sp³-hybridized carbons (Fsp3) is 0.381. The summed E-state index contributed by atoms with van der Waals surface area (Å²) in [5, 5.41) is 10.9. The lowest BCUT2D eigenvalue weighted by Crippen LogP contribution is -2.34. The van der Waals surface area contributed by atoms with E-state index in [-0.39, 0.29) is 18.2 Å². The lowest BCUT2D eigenvalue weighted by atomic mass is 9.93. The highest BCUT2D eigenvalue weighted by Gasteiger charge is 2.40. The van der Waals surface area contributed by atoms with Crippen molar-refractivity contribution in [2.24, 2.45) is 0 Å². The molecule has 6 nitrogen and oxygen atoms in total. The van der Waals surface area contributed by atoms with Gasteiger partial charge in [-0.2, -0.15) is 0 Å². The van der Waals surface area contributed by atoms with Gasteiger partial charge in [-0.05, 0) is 61.2 Å². The number of rotatable bonds is 3. The number of likely N-dealkylation sites (tertiary alicyclic amines) is 1. The van der Waals surface area contributed by atoms with E-state index in [9.17, 15) is 22.7 Å². The highest BCUT2D eigenvalue weighted by molar-refractivity contribution is 7.93. The highest BCUT2D eigenvalue weighted by Crippen LogP contribution is 2.34. The molecule has 2 aromatic rings. The lowest BCUT2D eigenvalue weighted by Gasteiger charge is -2.24. The summed E-state index contributed by atoms with van der Waals surface area (Å²) in [6.07, 6.45) is 0.917. The number of halogens is 1. The number of β-amino-alcohol motifs (C(OH)–C–C–N with tert-alkyl or cyclic N) is 1. The number of anilines is 1. The predicted molar refractivity (Wildman–Crippen MR) is 108 cm³/mol. The molecule has 29 heavy (non-hydrogen) atoms. The molecular weight excluding hydrogens is 395 g/mol. The number of carbonyl (C=O) groups is 1. The first kappa shape index (κ1) is 19.8. The third-order valence-electron chi connectivity index (χ3n) is 5.72. The largest absolute Gasteiger partial charge is 0.383 e. The fourth-order valence-corrected chi connectivity index (χ4v) is 5.68. The molecule has 2 heterocycles. The van der Waals surface area contributed by atoms with Gasteiger partial charge in [-0.1, -0.05) is 12.1 Å². The second kappa shape index (κ2) is 7.11. The van der Waals surface area contributed by atoms with Gasteiger partial charge in [0.2, 0.25) is 10.0 Å². The van der Waals surface area contributed by atoms with Crippen LogP contribution in [0, 0.1) is 12.7 Å². The smallest absolute Gasteiger partial charge is 0.254 e. The van der Waals surface area contributed by atoms with Crippen molar-refractivity contribution in [2.75, 3.05) is 29.7 Å². The molecule has 1 unspecified atom stereocenters. The molecule has 0 bridgehead atoms.